The molecular weight excluding hydrogens is 541 g/mol. The van der Waals surface area contributed by atoms with Crippen LogP contribution in [0.15, 0.2) is 39.0 Å². The Morgan fingerprint density at radius 1 is 1.00 bits per heavy atom. The summed E-state index contributed by atoms with van der Waals surface area (Å²) < 4.78 is 5.70. The van der Waals surface area contributed by atoms with Gasteiger partial charge in [-0.05, 0) is 103 Å². The highest BCUT2D eigenvalue weighted by Crippen LogP contribution is 2.68. The van der Waals surface area contributed by atoms with Crippen LogP contribution in [0.3, 0.4) is 0 Å². The number of hydrogen-bond donors (Lipinski definition) is 0. The van der Waals surface area contributed by atoms with Gasteiger partial charge in [-0.25, -0.2) is 4.79 Å². The van der Waals surface area contributed by atoms with Crippen molar-refractivity contribution in [2.45, 2.75) is 105 Å². The molecule has 4 unspecified atom stereocenters. The summed E-state index contributed by atoms with van der Waals surface area (Å²) in [6.07, 6.45) is 17.7. The maximum atomic E-state index is 12.7. The standard InChI is InChI=1S/C34H47Cl2NO3/c1-20(2)7-6-8-21(3)26-11-12-27-25-10-9-22-17-24(13-15-33(22,4)28(25)14-16-34(26,27)5)40-32(39)37-31-29(35)18-23(38)19-30(31)36/h13,18-22,25-28H,6-12,14-17H2,1-5H3/t21-,22?,25?,26-,27?,28?,33+,34-/m1/s1. The van der Waals surface area contributed by atoms with E-state index in [0.29, 0.717) is 17.1 Å². The highest BCUT2D eigenvalue weighted by atomic mass is 35.5. The van der Waals surface area contributed by atoms with Crippen LogP contribution in [-0.2, 0) is 9.53 Å². The number of fused-ring (bicyclic) bond motifs is 5. The van der Waals surface area contributed by atoms with Crippen molar-refractivity contribution in [2.24, 2.45) is 57.2 Å². The molecule has 5 aliphatic rings. The third-order valence-electron chi connectivity index (χ3n) is 11.9. The van der Waals surface area contributed by atoms with Crippen LogP contribution >= 0.6 is 23.2 Å². The zero-order valence-corrected chi connectivity index (χ0v) is 26.5. The molecule has 0 heterocycles. The zero-order valence-electron chi connectivity index (χ0n) is 25.0. The Hall–Kier alpha value is -1.39. The molecule has 220 valence electrons. The van der Waals surface area contributed by atoms with Crippen LogP contribution in [0, 0.1) is 52.3 Å². The number of aliphatic imine (C=N–C) groups is 1. The summed E-state index contributed by atoms with van der Waals surface area (Å²) in [6.45, 7) is 12.4. The van der Waals surface area contributed by atoms with Gasteiger partial charge < -0.3 is 4.74 Å². The fourth-order valence-electron chi connectivity index (χ4n) is 9.83. The van der Waals surface area contributed by atoms with Crippen LogP contribution in [0.5, 0.6) is 0 Å². The van der Waals surface area contributed by atoms with Crippen LogP contribution < -0.4 is 0 Å². The lowest BCUT2D eigenvalue weighted by atomic mass is 9.45. The summed E-state index contributed by atoms with van der Waals surface area (Å²) in [5, 5.41) is 0.114. The molecule has 0 aromatic carbocycles. The van der Waals surface area contributed by atoms with E-state index in [2.05, 4.69) is 45.7 Å². The summed E-state index contributed by atoms with van der Waals surface area (Å²) in [6, 6.07) is 0. The summed E-state index contributed by atoms with van der Waals surface area (Å²) >= 11 is 12.2. The topological polar surface area (TPSA) is 55.7 Å². The molecule has 3 fully saturated rings. The highest BCUT2D eigenvalue weighted by Gasteiger charge is 2.60. The number of carbonyl (C=O) groups is 2. The average Bonchev–Trinajstić information content (AvgIpc) is 3.23. The van der Waals surface area contributed by atoms with E-state index in [9.17, 15) is 9.59 Å². The maximum Gasteiger partial charge on any atom is 0.439 e. The van der Waals surface area contributed by atoms with Crippen LogP contribution in [0.1, 0.15) is 105 Å². The molecule has 3 saturated carbocycles. The van der Waals surface area contributed by atoms with Crippen LogP contribution in [0.2, 0.25) is 0 Å². The predicted octanol–water partition coefficient (Wildman–Crippen LogP) is 10.0. The first-order valence-electron chi connectivity index (χ1n) is 15.7. The minimum absolute atomic E-state index is 0.0568. The quantitative estimate of drug-likeness (QED) is 0.290. The Balaban J connectivity index is 1.24. The van der Waals surface area contributed by atoms with E-state index in [-0.39, 0.29) is 27.0 Å². The molecule has 5 aliphatic carbocycles. The highest BCUT2D eigenvalue weighted by molar-refractivity contribution is 6.59. The molecule has 4 nitrogen and oxygen atoms in total. The fourth-order valence-corrected chi connectivity index (χ4v) is 10.4. The molecule has 0 aliphatic heterocycles. The van der Waals surface area contributed by atoms with Crippen molar-refractivity contribution >= 4 is 40.8 Å². The lowest BCUT2D eigenvalue weighted by Crippen LogP contribution is -2.52. The van der Waals surface area contributed by atoms with Crippen molar-refractivity contribution in [2.75, 3.05) is 0 Å². The zero-order chi connectivity index (χ0) is 28.8. The molecule has 40 heavy (non-hydrogen) atoms. The van der Waals surface area contributed by atoms with Gasteiger partial charge in [-0.3, -0.25) is 4.79 Å². The largest absolute Gasteiger partial charge is 0.439 e. The molecule has 0 aromatic rings. The molecule has 6 heteroatoms. The van der Waals surface area contributed by atoms with E-state index in [1.165, 1.54) is 69.9 Å². The van der Waals surface area contributed by atoms with E-state index in [4.69, 9.17) is 27.9 Å². The second-order valence-electron chi connectivity index (χ2n) is 14.5. The Labute approximate surface area is 251 Å². The lowest BCUT2D eigenvalue weighted by Gasteiger charge is -2.60. The molecular formula is C34H47Cl2NO3. The van der Waals surface area contributed by atoms with E-state index in [0.717, 1.165) is 48.3 Å². The van der Waals surface area contributed by atoms with E-state index in [1.807, 2.05) is 0 Å². The molecule has 0 spiro atoms. The smallest absolute Gasteiger partial charge is 0.414 e. The first-order chi connectivity index (χ1) is 18.9. The fraction of sp³-hybridized carbons (Fsp3) is 0.735. The normalized spacial score (nSPS) is 38.0. The molecule has 0 saturated heterocycles. The van der Waals surface area contributed by atoms with Crippen molar-refractivity contribution in [3.05, 3.63) is 34.1 Å². The van der Waals surface area contributed by atoms with E-state index >= 15 is 0 Å². The summed E-state index contributed by atoms with van der Waals surface area (Å²) in [5.41, 5.74) is 0.847. The number of hydrogen-bond acceptors (Lipinski definition) is 3. The van der Waals surface area contributed by atoms with Crippen molar-refractivity contribution in [3.8, 4) is 0 Å². The first-order valence-corrected chi connectivity index (χ1v) is 16.5. The summed E-state index contributed by atoms with van der Waals surface area (Å²) in [5.74, 6) is 5.86. The third-order valence-corrected chi connectivity index (χ3v) is 12.5. The Kier molecular flexibility index (Phi) is 8.81. The Morgan fingerprint density at radius 2 is 1.70 bits per heavy atom. The molecule has 8 atom stereocenters. The number of ether oxygens (including phenoxy) is 1. The number of ketones is 1. The minimum Gasteiger partial charge on any atom is -0.414 e. The average molecular weight is 589 g/mol. The third kappa shape index (κ3) is 5.65. The van der Waals surface area contributed by atoms with Crippen molar-refractivity contribution in [3.63, 3.8) is 0 Å². The SMILES string of the molecule is CC(C)CCC[C@@H](C)[C@H]1CCC2C3CCC4CC(OC(=O)N=C5C(Cl)=CC(=O)C=C5Cl)=CC[C@]4(C)C3CC[C@@]21C. The van der Waals surface area contributed by atoms with Crippen molar-refractivity contribution in [1.82, 2.24) is 0 Å². The van der Waals surface area contributed by atoms with Gasteiger partial charge >= 0.3 is 6.09 Å². The van der Waals surface area contributed by atoms with Gasteiger partial charge in [-0.2, -0.15) is 4.99 Å². The summed E-state index contributed by atoms with van der Waals surface area (Å²) in [7, 11) is 0. The van der Waals surface area contributed by atoms with Crippen LogP contribution in [0.4, 0.5) is 4.79 Å². The van der Waals surface area contributed by atoms with E-state index < -0.39 is 6.09 Å². The summed E-state index contributed by atoms with van der Waals surface area (Å²) in [4.78, 5) is 28.2. The van der Waals surface area contributed by atoms with Gasteiger partial charge in [0, 0.05) is 18.6 Å². The maximum absolute atomic E-state index is 12.7. The second-order valence-corrected chi connectivity index (χ2v) is 15.3. The number of allylic oxidation sites excluding steroid dienone is 6. The van der Waals surface area contributed by atoms with Crippen LogP contribution in [0.25, 0.3) is 0 Å². The van der Waals surface area contributed by atoms with E-state index in [1.54, 1.807) is 0 Å². The Morgan fingerprint density at radius 3 is 2.40 bits per heavy atom. The van der Waals surface area contributed by atoms with Crippen LogP contribution in [-0.4, -0.2) is 17.6 Å². The number of carbonyl (C=O) groups excluding carboxylic acids is 2. The first kappa shape index (κ1) is 30.1. The number of amides is 1. The lowest BCUT2D eigenvalue weighted by molar-refractivity contribution is -0.110. The minimum atomic E-state index is -0.737. The molecule has 0 N–H and O–H groups in total. The monoisotopic (exact) mass is 587 g/mol. The molecule has 0 aromatic heterocycles. The molecule has 5 rings (SSSR count). The number of halogens is 2. The van der Waals surface area contributed by atoms with Crippen molar-refractivity contribution < 1.29 is 14.3 Å². The van der Waals surface area contributed by atoms with Gasteiger partial charge in [-0.15, -0.1) is 0 Å². The molecule has 0 bridgehead atoms. The van der Waals surface area contributed by atoms with Gasteiger partial charge in [0.05, 0.1) is 10.1 Å². The van der Waals surface area contributed by atoms with Gasteiger partial charge in [-0.1, -0.05) is 77.1 Å². The van der Waals surface area contributed by atoms with Gasteiger partial charge in [0.15, 0.2) is 5.78 Å². The second kappa shape index (κ2) is 11.7. The predicted molar refractivity (Wildman–Crippen MR) is 163 cm³/mol. The van der Waals surface area contributed by atoms with Gasteiger partial charge in [0.25, 0.3) is 0 Å². The number of nitrogens with zero attached hydrogens (tertiary/aromatic N) is 1. The Bertz CT molecular complexity index is 1130. The van der Waals surface area contributed by atoms with Gasteiger partial charge in [0.1, 0.15) is 11.5 Å². The van der Waals surface area contributed by atoms with Gasteiger partial charge in [0.2, 0.25) is 0 Å². The molecule has 1 amide bonds. The number of rotatable bonds is 6. The molecule has 0 radical (unpaired) electrons. The van der Waals surface area contributed by atoms with Crippen molar-refractivity contribution in [1.29, 1.82) is 0 Å².